The number of rotatable bonds is 3. The molecule has 3 heteroatoms. The molecule has 0 bridgehead atoms. The largest absolute Gasteiger partial charge is 0.365 e. The third kappa shape index (κ3) is 3.22. The van der Waals surface area contributed by atoms with Crippen LogP contribution in [0.2, 0.25) is 0 Å². The zero-order valence-electron chi connectivity index (χ0n) is 14.8. The van der Waals surface area contributed by atoms with Gasteiger partial charge in [-0.1, -0.05) is 48.1 Å². The molecule has 1 aliphatic rings. The number of aryl methyl sites for hydroxylation is 2. The van der Waals surface area contributed by atoms with Crippen LogP contribution in [0.1, 0.15) is 23.2 Å². The molecular formula is C22H23N3. The van der Waals surface area contributed by atoms with E-state index in [0.717, 1.165) is 25.2 Å². The fourth-order valence-electron chi connectivity index (χ4n) is 3.46. The van der Waals surface area contributed by atoms with Crippen LogP contribution in [0.5, 0.6) is 0 Å². The van der Waals surface area contributed by atoms with Crippen molar-refractivity contribution < 1.29 is 0 Å². The summed E-state index contributed by atoms with van der Waals surface area (Å²) in [6.45, 7) is 6.23. The van der Waals surface area contributed by atoms with Crippen molar-refractivity contribution in [3.63, 3.8) is 0 Å². The number of allylic oxidation sites excluding steroid dienone is 1. The smallest absolute Gasteiger partial charge is 0.139 e. The number of nitrogens with zero attached hydrogens (tertiary/aromatic N) is 2. The van der Waals surface area contributed by atoms with Crippen LogP contribution in [-0.4, -0.2) is 23.1 Å². The summed E-state index contributed by atoms with van der Waals surface area (Å²) in [5.74, 6) is 0. The van der Waals surface area contributed by atoms with Crippen LogP contribution in [-0.2, 0) is 0 Å². The maximum atomic E-state index is 4.43. The number of anilines is 1. The molecule has 0 amide bonds. The molecule has 3 heterocycles. The Morgan fingerprint density at radius 3 is 2.68 bits per heavy atom. The second-order valence-corrected chi connectivity index (χ2v) is 6.72. The average molecular weight is 329 g/mol. The highest BCUT2D eigenvalue weighted by Crippen LogP contribution is 2.31. The van der Waals surface area contributed by atoms with Gasteiger partial charge in [-0.3, -0.25) is 0 Å². The van der Waals surface area contributed by atoms with Crippen LogP contribution >= 0.6 is 0 Å². The summed E-state index contributed by atoms with van der Waals surface area (Å²) < 4.78 is 0. The first kappa shape index (κ1) is 15.7. The quantitative estimate of drug-likeness (QED) is 0.731. The van der Waals surface area contributed by atoms with Crippen molar-refractivity contribution >= 4 is 22.8 Å². The first-order valence-electron chi connectivity index (χ1n) is 8.83. The van der Waals surface area contributed by atoms with Gasteiger partial charge in [-0.25, -0.2) is 4.98 Å². The number of hydrogen-bond donors (Lipinski definition) is 1. The lowest BCUT2D eigenvalue weighted by molar-refractivity contribution is 0.800. The molecule has 4 rings (SSSR count). The Morgan fingerprint density at radius 2 is 1.92 bits per heavy atom. The summed E-state index contributed by atoms with van der Waals surface area (Å²) in [6, 6.07) is 12.8. The van der Waals surface area contributed by atoms with Gasteiger partial charge in [0, 0.05) is 30.4 Å². The van der Waals surface area contributed by atoms with Crippen molar-refractivity contribution in [3.8, 4) is 0 Å². The van der Waals surface area contributed by atoms with Gasteiger partial charge in [-0.15, -0.1) is 0 Å². The van der Waals surface area contributed by atoms with Crippen molar-refractivity contribution in [1.29, 1.82) is 0 Å². The average Bonchev–Trinajstić information content (AvgIpc) is 2.97. The summed E-state index contributed by atoms with van der Waals surface area (Å²) in [4.78, 5) is 10.3. The normalized spacial score (nSPS) is 15.1. The van der Waals surface area contributed by atoms with E-state index in [0.29, 0.717) is 0 Å². The molecule has 0 saturated heterocycles. The predicted molar refractivity (Wildman–Crippen MR) is 106 cm³/mol. The van der Waals surface area contributed by atoms with Gasteiger partial charge < -0.3 is 9.88 Å². The topological polar surface area (TPSA) is 31.9 Å². The monoisotopic (exact) mass is 329 g/mol. The SMILES string of the molecule is Cc1ccc(/C=C/C2=CCN(c3c(C)[nH]c4ncccc34)CC2)cc1. The van der Waals surface area contributed by atoms with E-state index in [1.54, 1.807) is 0 Å². The fourth-order valence-corrected chi connectivity index (χ4v) is 3.46. The lowest BCUT2D eigenvalue weighted by atomic mass is 10.0. The Hall–Kier alpha value is -2.81. The molecule has 1 aromatic carbocycles. The fraction of sp³-hybridized carbons (Fsp3) is 0.227. The molecule has 25 heavy (non-hydrogen) atoms. The van der Waals surface area contributed by atoms with Crippen LogP contribution in [0.15, 0.2) is 60.3 Å². The summed E-state index contributed by atoms with van der Waals surface area (Å²) >= 11 is 0. The zero-order valence-corrected chi connectivity index (χ0v) is 14.8. The lowest BCUT2D eigenvalue weighted by Gasteiger charge is -2.28. The molecule has 1 aliphatic heterocycles. The Morgan fingerprint density at radius 1 is 1.08 bits per heavy atom. The van der Waals surface area contributed by atoms with Gasteiger partial charge in [-0.2, -0.15) is 0 Å². The van der Waals surface area contributed by atoms with Crippen LogP contribution < -0.4 is 4.90 Å². The molecule has 0 fully saturated rings. The summed E-state index contributed by atoms with van der Waals surface area (Å²) in [6.07, 6.45) is 9.71. The minimum absolute atomic E-state index is 0.941. The minimum atomic E-state index is 0.941. The van der Waals surface area contributed by atoms with Gasteiger partial charge in [0.1, 0.15) is 5.65 Å². The second kappa shape index (κ2) is 6.60. The van der Waals surface area contributed by atoms with E-state index in [2.05, 4.69) is 77.3 Å². The van der Waals surface area contributed by atoms with E-state index < -0.39 is 0 Å². The van der Waals surface area contributed by atoms with E-state index in [-0.39, 0.29) is 0 Å². The molecule has 0 spiro atoms. The number of benzene rings is 1. The molecule has 2 aromatic heterocycles. The van der Waals surface area contributed by atoms with Crippen molar-refractivity contribution in [2.24, 2.45) is 0 Å². The predicted octanol–water partition coefficient (Wildman–Crippen LogP) is 5.03. The Bertz CT molecular complexity index is 945. The van der Waals surface area contributed by atoms with Crippen molar-refractivity contribution in [1.82, 2.24) is 9.97 Å². The number of aromatic nitrogens is 2. The lowest BCUT2D eigenvalue weighted by Crippen LogP contribution is -2.28. The summed E-state index contributed by atoms with van der Waals surface area (Å²) in [7, 11) is 0. The molecule has 0 aliphatic carbocycles. The Labute approximate surface area is 148 Å². The van der Waals surface area contributed by atoms with E-state index in [1.165, 1.54) is 33.5 Å². The van der Waals surface area contributed by atoms with Crippen LogP contribution in [0.4, 0.5) is 5.69 Å². The first-order chi connectivity index (χ1) is 12.2. The maximum absolute atomic E-state index is 4.43. The standard InChI is InChI=1S/C22H23N3/c1-16-5-7-18(8-6-16)9-10-19-11-14-25(15-12-19)21-17(2)24-22-20(21)4-3-13-23-22/h3-11,13H,12,14-15H2,1-2H3,(H,23,24)/b10-9+. The Balaban J connectivity index is 1.51. The van der Waals surface area contributed by atoms with E-state index in [4.69, 9.17) is 0 Å². The molecule has 3 nitrogen and oxygen atoms in total. The van der Waals surface area contributed by atoms with Crippen molar-refractivity contribution in [2.45, 2.75) is 20.3 Å². The molecule has 0 saturated carbocycles. The summed E-state index contributed by atoms with van der Waals surface area (Å²) in [5, 5.41) is 1.21. The third-order valence-corrected chi connectivity index (χ3v) is 4.85. The highest BCUT2D eigenvalue weighted by atomic mass is 15.1. The van der Waals surface area contributed by atoms with Crippen molar-refractivity contribution in [3.05, 3.63) is 77.1 Å². The third-order valence-electron chi connectivity index (χ3n) is 4.85. The summed E-state index contributed by atoms with van der Waals surface area (Å²) in [5.41, 5.74) is 7.43. The van der Waals surface area contributed by atoms with E-state index >= 15 is 0 Å². The number of pyridine rings is 1. The van der Waals surface area contributed by atoms with Crippen LogP contribution in [0.25, 0.3) is 17.1 Å². The molecule has 126 valence electrons. The van der Waals surface area contributed by atoms with E-state index in [1.807, 2.05) is 12.3 Å². The highest BCUT2D eigenvalue weighted by Gasteiger charge is 2.17. The van der Waals surface area contributed by atoms with Gasteiger partial charge in [0.05, 0.1) is 5.69 Å². The number of hydrogen-bond acceptors (Lipinski definition) is 2. The maximum Gasteiger partial charge on any atom is 0.139 e. The van der Waals surface area contributed by atoms with Gasteiger partial charge in [0.2, 0.25) is 0 Å². The minimum Gasteiger partial charge on any atom is -0.365 e. The van der Waals surface area contributed by atoms with Gasteiger partial charge in [0.25, 0.3) is 0 Å². The van der Waals surface area contributed by atoms with Crippen molar-refractivity contribution in [2.75, 3.05) is 18.0 Å². The molecule has 0 radical (unpaired) electrons. The van der Waals surface area contributed by atoms with E-state index in [9.17, 15) is 0 Å². The number of fused-ring (bicyclic) bond motifs is 1. The molecule has 1 N–H and O–H groups in total. The Kier molecular flexibility index (Phi) is 4.14. The van der Waals surface area contributed by atoms with Gasteiger partial charge in [-0.05, 0) is 43.5 Å². The van der Waals surface area contributed by atoms with Gasteiger partial charge in [0.15, 0.2) is 0 Å². The zero-order chi connectivity index (χ0) is 17.2. The number of nitrogens with one attached hydrogen (secondary N) is 1. The molecular weight excluding hydrogens is 306 g/mol. The van der Waals surface area contributed by atoms with Crippen LogP contribution in [0.3, 0.4) is 0 Å². The van der Waals surface area contributed by atoms with Gasteiger partial charge >= 0.3 is 0 Å². The number of aromatic amines is 1. The first-order valence-corrected chi connectivity index (χ1v) is 8.83. The number of H-pyrrole nitrogens is 1. The highest BCUT2D eigenvalue weighted by molar-refractivity contribution is 5.92. The molecule has 0 atom stereocenters. The second-order valence-electron chi connectivity index (χ2n) is 6.72. The molecule has 3 aromatic rings. The van der Waals surface area contributed by atoms with Crippen LogP contribution in [0, 0.1) is 13.8 Å². The molecule has 0 unspecified atom stereocenters.